The number of aliphatic imine (C=N–C) groups is 1. The van der Waals surface area contributed by atoms with Crippen LogP contribution in [0.1, 0.15) is 17.0 Å². The lowest BCUT2D eigenvalue weighted by molar-refractivity contribution is 0.407. The summed E-state index contributed by atoms with van der Waals surface area (Å²) in [6, 6.07) is 15.8. The SMILES string of the molecule is COc1ccc(C=Nc2ccc(/C=C/c3nc4ccc(S(=O)(=O)O)cc4c(=O)[nH]3)cc2)c(O)c1. The molecule has 34 heavy (non-hydrogen) atoms. The predicted molar refractivity (Wildman–Crippen MR) is 129 cm³/mol. The minimum absolute atomic E-state index is 0.0531. The first-order valence-corrected chi connectivity index (χ1v) is 11.4. The highest BCUT2D eigenvalue weighted by atomic mass is 32.2. The lowest BCUT2D eigenvalue weighted by Crippen LogP contribution is -2.10. The molecule has 0 bridgehead atoms. The Balaban J connectivity index is 1.51. The molecule has 4 rings (SSSR count). The van der Waals surface area contributed by atoms with E-state index in [0.29, 0.717) is 22.5 Å². The van der Waals surface area contributed by atoms with Gasteiger partial charge in [0.05, 0.1) is 28.6 Å². The first-order valence-electron chi connectivity index (χ1n) is 9.94. The third-order valence-corrected chi connectivity index (χ3v) is 5.76. The number of phenols is 1. The van der Waals surface area contributed by atoms with Crippen LogP contribution in [0.4, 0.5) is 5.69 Å². The summed E-state index contributed by atoms with van der Waals surface area (Å²) in [5.74, 6) is 0.902. The smallest absolute Gasteiger partial charge is 0.294 e. The quantitative estimate of drug-likeness (QED) is 0.283. The molecule has 0 aliphatic heterocycles. The van der Waals surface area contributed by atoms with Gasteiger partial charge in [0.1, 0.15) is 17.3 Å². The van der Waals surface area contributed by atoms with E-state index < -0.39 is 15.7 Å². The van der Waals surface area contributed by atoms with Crippen LogP contribution in [0.3, 0.4) is 0 Å². The molecular formula is C24H19N3O6S. The second kappa shape index (κ2) is 9.30. The highest BCUT2D eigenvalue weighted by molar-refractivity contribution is 7.85. The van der Waals surface area contributed by atoms with E-state index in [9.17, 15) is 18.3 Å². The van der Waals surface area contributed by atoms with Crippen molar-refractivity contribution in [2.75, 3.05) is 7.11 Å². The molecule has 0 unspecified atom stereocenters. The summed E-state index contributed by atoms with van der Waals surface area (Å²) in [4.78, 5) is 23.2. The zero-order valence-corrected chi connectivity index (χ0v) is 18.7. The number of hydrogen-bond donors (Lipinski definition) is 3. The van der Waals surface area contributed by atoms with Crippen LogP contribution < -0.4 is 10.3 Å². The molecule has 0 aliphatic carbocycles. The predicted octanol–water partition coefficient (Wildman–Crippen LogP) is 3.81. The summed E-state index contributed by atoms with van der Waals surface area (Å²) >= 11 is 0. The normalized spacial score (nSPS) is 12.1. The molecule has 0 radical (unpaired) electrons. The molecule has 0 atom stereocenters. The highest BCUT2D eigenvalue weighted by Gasteiger charge is 2.12. The Morgan fingerprint density at radius 2 is 1.79 bits per heavy atom. The molecule has 9 nitrogen and oxygen atoms in total. The molecule has 4 aromatic rings. The van der Waals surface area contributed by atoms with E-state index in [2.05, 4.69) is 15.0 Å². The number of nitrogens with one attached hydrogen (secondary N) is 1. The highest BCUT2D eigenvalue weighted by Crippen LogP contribution is 2.23. The molecule has 3 aromatic carbocycles. The minimum atomic E-state index is -4.42. The number of ether oxygens (including phenoxy) is 1. The zero-order chi connectivity index (χ0) is 24.3. The number of nitrogens with zero attached hydrogens (tertiary/aromatic N) is 2. The Bertz CT molecular complexity index is 1590. The molecule has 172 valence electrons. The van der Waals surface area contributed by atoms with Crippen molar-refractivity contribution in [3.8, 4) is 11.5 Å². The van der Waals surface area contributed by atoms with Crippen LogP contribution in [0.2, 0.25) is 0 Å². The van der Waals surface area contributed by atoms with E-state index in [0.717, 1.165) is 11.6 Å². The fourth-order valence-corrected chi connectivity index (χ4v) is 3.63. The van der Waals surface area contributed by atoms with Gasteiger partial charge in [-0.05, 0) is 54.1 Å². The van der Waals surface area contributed by atoms with Gasteiger partial charge in [-0.2, -0.15) is 8.42 Å². The van der Waals surface area contributed by atoms with Crippen LogP contribution in [0.15, 0.2) is 75.3 Å². The van der Waals surface area contributed by atoms with Gasteiger partial charge in [-0.15, -0.1) is 0 Å². The van der Waals surface area contributed by atoms with Gasteiger partial charge in [0.25, 0.3) is 15.7 Å². The second-order valence-corrected chi connectivity index (χ2v) is 8.63. The number of aromatic hydroxyl groups is 1. The van der Waals surface area contributed by atoms with Gasteiger partial charge >= 0.3 is 0 Å². The van der Waals surface area contributed by atoms with Crippen molar-refractivity contribution >= 4 is 45.1 Å². The van der Waals surface area contributed by atoms with E-state index in [4.69, 9.17) is 9.29 Å². The number of H-pyrrole nitrogens is 1. The number of benzene rings is 3. The number of rotatable bonds is 6. The maximum absolute atomic E-state index is 12.3. The third kappa shape index (κ3) is 5.20. The largest absolute Gasteiger partial charge is 0.507 e. The van der Waals surface area contributed by atoms with Crippen LogP contribution in [-0.4, -0.2) is 41.4 Å². The average Bonchev–Trinajstić information content (AvgIpc) is 2.81. The number of phenolic OH excluding ortho intramolecular Hbond substituents is 1. The summed E-state index contributed by atoms with van der Waals surface area (Å²) < 4.78 is 36.8. The van der Waals surface area contributed by atoms with Crippen molar-refractivity contribution in [2.45, 2.75) is 4.90 Å². The number of methoxy groups -OCH3 is 1. The molecule has 0 saturated heterocycles. The summed E-state index contributed by atoms with van der Waals surface area (Å²) in [5, 5.41) is 10.1. The molecular weight excluding hydrogens is 458 g/mol. The summed E-state index contributed by atoms with van der Waals surface area (Å²) in [7, 11) is -2.90. The van der Waals surface area contributed by atoms with Crippen molar-refractivity contribution in [2.24, 2.45) is 4.99 Å². The molecule has 1 heterocycles. The van der Waals surface area contributed by atoms with Gasteiger partial charge in [0.15, 0.2) is 0 Å². The first kappa shape index (κ1) is 22.9. The molecule has 1 aromatic heterocycles. The second-order valence-electron chi connectivity index (χ2n) is 7.21. The van der Waals surface area contributed by atoms with Crippen molar-refractivity contribution in [3.63, 3.8) is 0 Å². The standard InChI is InChI=1S/C24H19N3O6S/c1-33-18-8-5-16(22(28)12-18)14-25-17-6-2-15(3-7-17)4-11-23-26-21-10-9-19(34(30,31)32)13-20(21)24(29)27-23/h2-14,28H,1H3,(H,26,27,29)(H,30,31,32)/b11-4+,25-14?. The molecule has 3 N–H and O–H groups in total. The van der Waals surface area contributed by atoms with E-state index in [1.165, 1.54) is 25.3 Å². The molecule has 0 spiro atoms. The van der Waals surface area contributed by atoms with Crippen molar-refractivity contribution in [1.82, 2.24) is 9.97 Å². The number of aromatic nitrogens is 2. The van der Waals surface area contributed by atoms with E-state index in [1.807, 2.05) is 12.1 Å². The monoisotopic (exact) mass is 477 g/mol. The van der Waals surface area contributed by atoms with Gasteiger partial charge in [-0.1, -0.05) is 18.2 Å². The van der Waals surface area contributed by atoms with Gasteiger partial charge in [0.2, 0.25) is 0 Å². The summed E-state index contributed by atoms with van der Waals surface area (Å²) in [6.07, 6.45) is 4.92. The fourth-order valence-electron chi connectivity index (χ4n) is 3.13. The Hall–Kier alpha value is -4.28. The topological polar surface area (TPSA) is 142 Å². The Kier molecular flexibility index (Phi) is 6.26. The molecule has 0 fully saturated rings. The van der Waals surface area contributed by atoms with E-state index >= 15 is 0 Å². The van der Waals surface area contributed by atoms with Crippen LogP contribution in [-0.2, 0) is 10.1 Å². The van der Waals surface area contributed by atoms with Crippen LogP contribution in [0, 0.1) is 0 Å². The van der Waals surface area contributed by atoms with Crippen molar-refractivity contribution < 1.29 is 22.8 Å². The summed E-state index contributed by atoms with van der Waals surface area (Å²) in [5.41, 5.74) is 1.83. The van der Waals surface area contributed by atoms with Crippen molar-refractivity contribution in [1.29, 1.82) is 0 Å². The van der Waals surface area contributed by atoms with Crippen LogP contribution in [0.25, 0.3) is 23.1 Å². The fraction of sp³-hybridized carbons (Fsp3) is 0.0417. The number of aromatic amines is 1. The Labute approximate surface area is 194 Å². The Morgan fingerprint density at radius 3 is 2.47 bits per heavy atom. The number of hydrogen-bond acceptors (Lipinski definition) is 7. The Morgan fingerprint density at radius 1 is 1.03 bits per heavy atom. The van der Waals surface area contributed by atoms with Gasteiger partial charge in [-0.25, -0.2) is 4.98 Å². The van der Waals surface area contributed by atoms with E-state index in [-0.39, 0.29) is 21.9 Å². The average molecular weight is 477 g/mol. The minimum Gasteiger partial charge on any atom is -0.507 e. The lowest BCUT2D eigenvalue weighted by atomic mass is 10.2. The molecule has 0 aliphatic rings. The van der Waals surface area contributed by atoms with E-state index in [1.54, 1.807) is 42.6 Å². The maximum Gasteiger partial charge on any atom is 0.294 e. The first-order chi connectivity index (χ1) is 16.2. The van der Waals surface area contributed by atoms with Crippen LogP contribution in [0.5, 0.6) is 11.5 Å². The van der Waals surface area contributed by atoms with Crippen LogP contribution >= 0.6 is 0 Å². The summed E-state index contributed by atoms with van der Waals surface area (Å²) in [6.45, 7) is 0. The van der Waals surface area contributed by atoms with Gasteiger partial charge in [-0.3, -0.25) is 14.3 Å². The lowest BCUT2D eigenvalue weighted by Gasteiger charge is -2.03. The van der Waals surface area contributed by atoms with Crippen molar-refractivity contribution in [3.05, 3.63) is 88.0 Å². The third-order valence-electron chi connectivity index (χ3n) is 4.91. The maximum atomic E-state index is 12.3. The molecule has 0 saturated carbocycles. The van der Waals surface area contributed by atoms with Gasteiger partial charge in [0, 0.05) is 17.8 Å². The zero-order valence-electron chi connectivity index (χ0n) is 17.8. The molecule has 10 heteroatoms. The molecule has 0 amide bonds. The van der Waals surface area contributed by atoms with Gasteiger partial charge < -0.3 is 14.8 Å². The number of fused-ring (bicyclic) bond motifs is 1.